The Kier molecular flexibility index (Phi) is 28.6. The number of furan rings is 1. The maximum Gasteiger partial charge on any atom is 2.00 e. The number of anilines is 8. The van der Waals surface area contributed by atoms with Gasteiger partial charge in [0.05, 0.1) is 39.7 Å². The van der Waals surface area contributed by atoms with Gasteiger partial charge in [-0.05, 0) is 167 Å². The van der Waals surface area contributed by atoms with Gasteiger partial charge in [-0.25, -0.2) is 17.1 Å². The van der Waals surface area contributed by atoms with Crippen molar-refractivity contribution in [2.45, 2.75) is 168 Å². The monoisotopic (exact) mass is 2000 g/mol. The Bertz CT molecular complexity index is 7100. The Balaban J connectivity index is 0.000000106. The fourth-order valence-corrected chi connectivity index (χ4v) is 27.1. The molecule has 0 spiro atoms. The minimum absolute atomic E-state index is 0. The minimum Gasteiger partial charge on any atom is -0.715 e. The molecule has 13 nitrogen and oxygen atoms in total. The first-order valence-electron chi connectivity index (χ1n) is 50.6. The second-order valence-corrected chi connectivity index (χ2v) is 44.6. The molecule has 7 unspecified atom stereocenters. The van der Waals surface area contributed by atoms with E-state index in [1.165, 1.54) is 210 Å². The summed E-state index contributed by atoms with van der Waals surface area (Å²) in [6, 6.07) is 103. The van der Waals surface area contributed by atoms with Gasteiger partial charge in [-0.3, -0.25) is 5.69 Å². The first-order valence-corrected chi connectivity index (χ1v) is 54.3. The molecule has 11 aliphatic rings. The smallest absolute Gasteiger partial charge is 0.715 e. The van der Waals surface area contributed by atoms with E-state index in [-0.39, 0.29) is 34.1 Å². The van der Waals surface area contributed by atoms with Crippen molar-refractivity contribution in [2.75, 3.05) is 76.1 Å². The number of imidazole rings is 1. The molecule has 7 atom stereocenters. The molecule has 2 saturated carbocycles. The summed E-state index contributed by atoms with van der Waals surface area (Å²) in [6.45, 7) is 18.7. The van der Waals surface area contributed by atoms with Crippen molar-refractivity contribution >= 4 is 159 Å². The van der Waals surface area contributed by atoms with E-state index in [0.717, 1.165) is 102 Å². The molecule has 0 N–H and O–H groups in total. The molecular weight excluding hydrogens is 1870 g/mol. The first-order chi connectivity index (χ1) is 67.6. The van der Waals surface area contributed by atoms with Crippen molar-refractivity contribution in [2.24, 2.45) is 17.8 Å². The number of nitrogens with zero attached hydrogens (tertiary/aromatic N) is 12. The Labute approximate surface area is 855 Å². The molecule has 0 saturated heterocycles. The van der Waals surface area contributed by atoms with E-state index in [1.54, 1.807) is 16.7 Å². The number of likely N-dealkylation sites (N-methyl/N-ethyl adjacent to an activating group) is 4. The average molecular weight is 2000 g/mol. The van der Waals surface area contributed by atoms with Crippen LogP contribution in [0.2, 0.25) is 0 Å². The average Bonchev–Trinajstić information content (AvgIpc) is 1.50. The zero-order valence-corrected chi connectivity index (χ0v) is 87.1. The third-order valence-corrected chi connectivity index (χ3v) is 35.8. The molecule has 18 heteroatoms. The first kappa shape index (κ1) is 96.1. The van der Waals surface area contributed by atoms with Crippen LogP contribution in [0.25, 0.3) is 71.2 Å². The van der Waals surface area contributed by atoms with Gasteiger partial charge in [-0.15, -0.1) is 29.2 Å². The maximum absolute atomic E-state index is 6.14. The molecular formula is C122H129Cu2N12OP3. The van der Waals surface area contributed by atoms with E-state index in [9.17, 15) is 0 Å². The fraction of sp³-hybridized carbons (Fsp3) is 0.295. The Morgan fingerprint density at radius 2 is 0.850 bits per heavy atom. The second-order valence-electron chi connectivity index (χ2n) is 40.7. The van der Waals surface area contributed by atoms with Crippen molar-refractivity contribution in [3.05, 3.63) is 373 Å². The fourth-order valence-electron chi connectivity index (χ4n) is 23.6. The number of hydrogen-bond acceptors (Lipinski definition) is 9. The summed E-state index contributed by atoms with van der Waals surface area (Å²) >= 11 is 0. The zero-order valence-electron chi connectivity index (χ0n) is 82.2. The maximum atomic E-state index is 6.14. The molecule has 13 aromatic carbocycles. The van der Waals surface area contributed by atoms with Gasteiger partial charge in [0.1, 0.15) is 48.5 Å². The SMILES string of the molecule is CC(C)CPc1ccccc1[N-]c1ccccc1PCC(C)C.CN1C=CN2c3c(ccc4c3oc3ccccc34)CC12.CN1C=CN2c3ccccc3CC12.CN1c2ccccc2N2c3cccc4c3C(C12)C1N(C)c2ccccc2N41.[CH2-]c1ccccc1[N-]c1ccccc1PCC(C)C.[Cu+2].[Cu].c1cc(C2CCCCC2)c(-c2c[n+]3c4c5c(cccc5c5ccccc5n24)C3)c(C2CCCCC2)c1. The summed E-state index contributed by atoms with van der Waals surface area (Å²) in [6.07, 6.45) is 32.3. The van der Waals surface area contributed by atoms with Crippen LogP contribution in [-0.2, 0) is 53.5 Å². The van der Waals surface area contributed by atoms with Crippen LogP contribution in [0, 0.1) is 24.7 Å². The number of rotatable bonds is 16. The molecule has 9 aliphatic heterocycles. The van der Waals surface area contributed by atoms with Crippen LogP contribution in [-0.4, -0.2) is 85.5 Å². The molecule has 27 rings (SSSR count). The Morgan fingerprint density at radius 3 is 1.42 bits per heavy atom. The van der Waals surface area contributed by atoms with Crippen molar-refractivity contribution in [3.8, 4) is 11.3 Å². The molecule has 16 aromatic rings. The number of fused-ring (bicyclic) bond motifs is 23. The van der Waals surface area contributed by atoms with Gasteiger partial charge in [0.2, 0.25) is 0 Å². The van der Waals surface area contributed by atoms with E-state index >= 15 is 0 Å². The van der Waals surface area contributed by atoms with E-state index in [2.05, 4.69) is 398 Å². The standard InChI is InChI=1S/C34H35N2.C23H20N4.C20H28NP2.C17H14N2O.C17H20NP.C11H12N2.2Cu/c1-3-11-23(12-4-1)26-17-10-18-27(24-13-5-2-6-14-24)33(26)31-22-35-21-25-15-9-19-29-28-16-7-8-20-30(28)36(31)34(35)32(25)29;1-24-14-8-3-5-10-16(14)26-18-12-7-13-19-20(18)21(22(24)26)23-25(2)15-9-4-6-11-17(15)27(19)23;1-15(2)13-22-19-11-7-5-9-17(19)21-18-10-6-8-12-20(18)23-14-16(3)4;1-18-8-9-19-15(18)10-11-6-7-13-12-4-2-3-5-14(12)20-17(13)16(11)19;1-13(2)12-19-17-11-7-6-10-16(17)18-15-9-5-4-8-14(15)3;1-12-6-7-13-10-5-3-2-4-9(10)8-11(12)13;;/h7-10,15-20,22-24H,1-6,11-14,21H2;3-13,21-23H,1-2H3;5-12,15-16,22-23H,13-14H2,1-4H3;2-9,15H,10H2,1H3;4-11,13,19H,3,12H2,1-2H3;2-7,11H,8H2,1H3;;/q+1;;-1;;-2;;;+2. The summed E-state index contributed by atoms with van der Waals surface area (Å²) < 4.78 is 11.3. The van der Waals surface area contributed by atoms with E-state index in [0.29, 0.717) is 42.4 Å². The summed E-state index contributed by atoms with van der Waals surface area (Å²) in [5.41, 5.74) is 32.8. The predicted molar refractivity (Wildman–Crippen MR) is 592 cm³/mol. The minimum atomic E-state index is 0. The van der Waals surface area contributed by atoms with Gasteiger partial charge in [0, 0.05) is 138 Å². The van der Waals surface area contributed by atoms with E-state index in [1.807, 2.05) is 42.5 Å². The molecule has 12 heterocycles. The van der Waals surface area contributed by atoms with Gasteiger partial charge in [0.25, 0.3) is 5.65 Å². The Morgan fingerprint density at radius 1 is 0.407 bits per heavy atom. The van der Waals surface area contributed by atoms with Crippen LogP contribution in [0.15, 0.2) is 321 Å². The zero-order chi connectivity index (χ0) is 93.9. The largest absolute Gasteiger partial charge is 2.00 e. The van der Waals surface area contributed by atoms with Gasteiger partial charge >= 0.3 is 17.1 Å². The molecule has 3 aromatic heterocycles. The topological polar surface area (TPSA) is 75.6 Å². The molecule has 2 aliphatic carbocycles. The van der Waals surface area contributed by atoms with Gasteiger partial charge in [-0.2, -0.15) is 10.5 Å². The molecule has 0 amide bonds. The Hall–Kier alpha value is -11.5. The van der Waals surface area contributed by atoms with Gasteiger partial charge in [-0.1, -0.05) is 318 Å². The van der Waals surface area contributed by atoms with Crippen LogP contribution in [0.4, 0.5) is 68.2 Å². The number of aromatic nitrogens is 2. The van der Waals surface area contributed by atoms with Crippen LogP contribution < -0.4 is 49.9 Å². The van der Waals surface area contributed by atoms with Crippen LogP contribution in [0.3, 0.4) is 0 Å². The van der Waals surface area contributed by atoms with E-state index < -0.39 is 0 Å². The molecule has 2 fully saturated rings. The van der Waals surface area contributed by atoms with Crippen molar-refractivity contribution < 1.29 is 43.1 Å². The van der Waals surface area contributed by atoms with Crippen molar-refractivity contribution in [3.63, 3.8) is 0 Å². The summed E-state index contributed by atoms with van der Waals surface area (Å²) in [5.74, 6) is 4.02. The van der Waals surface area contributed by atoms with Crippen LogP contribution >= 0.6 is 25.7 Å². The quantitative estimate of drug-likeness (QED) is 0.0309. The summed E-state index contributed by atoms with van der Waals surface area (Å²) in [5, 5.41) is 20.5. The van der Waals surface area contributed by atoms with E-state index in [4.69, 9.17) is 15.1 Å². The molecule has 140 heavy (non-hydrogen) atoms. The number of hydrogen-bond donors (Lipinski definition) is 0. The molecule has 2 radical (unpaired) electrons. The normalized spacial score (nSPS) is 18.4. The van der Waals surface area contributed by atoms with Crippen LogP contribution in [0.5, 0.6) is 0 Å². The van der Waals surface area contributed by atoms with Gasteiger partial charge in [0.15, 0.2) is 11.3 Å². The number of para-hydroxylation sites is 11. The third kappa shape index (κ3) is 18.1. The number of pyridine rings is 1. The van der Waals surface area contributed by atoms with Crippen molar-refractivity contribution in [1.29, 1.82) is 0 Å². The second kappa shape index (κ2) is 41.6. The third-order valence-electron chi connectivity index (χ3n) is 30.3. The summed E-state index contributed by atoms with van der Waals surface area (Å²) in [4.78, 5) is 19.3. The summed E-state index contributed by atoms with van der Waals surface area (Å²) in [7, 11) is 11.3. The molecule has 0 bridgehead atoms. The predicted octanol–water partition coefficient (Wildman–Crippen LogP) is 29.9. The number of benzene rings is 13. The van der Waals surface area contributed by atoms with Crippen molar-refractivity contribution in [1.82, 2.24) is 14.2 Å². The van der Waals surface area contributed by atoms with Crippen LogP contribution in [0.1, 0.15) is 162 Å². The van der Waals surface area contributed by atoms with Gasteiger partial charge < -0.3 is 54.3 Å². The molecule has 720 valence electrons.